The summed E-state index contributed by atoms with van der Waals surface area (Å²) in [6.07, 6.45) is 1.45. The van der Waals surface area contributed by atoms with E-state index in [0.29, 0.717) is 6.61 Å². The first-order valence-electron chi connectivity index (χ1n) is 9.49. The number of rotatable bonds is 7. The summed E-state index contributed by atoms with van der Waals surface area (Å²) < 4.78 is 29.2. The van der Waals surface area contributed by atoms with Crippen molar-refractivity contribution < 1.29 is 13.1 Å². The average molecular weight is 422 g/mol. The standard InChI is InChI=1S/C19H43NO3SSi2/c1-17(2,3)24(21)20-14-16(23-26(12,13)19(7,8)9)15-22-25(10,11)18(4,5)6/h14,16H,15H2,1-13H3/t16-,24?/m0/s1. The molecule has 4 nitrogen and oxygen atoms in total. The van der Waals surface area contributed by atoms with Gasteiger partial charge in [0, 0.05) is 6.21 Å². The maximum Gasteiger partial charge on any atom is 0.193 e. The lowest BCUT2D eigenvalue weighted by Gasteiger charge is -2.40. The highest BCUT2D eigenvalue weighted by atomic mass is 32.2. The summed E-state index contributed by atoms with van der Waals surface area (Å²) in [7, 11) is -5.16. The molecule has 7 heteroatoms. The zero-order chi connectivity index (χ0) is 21.2. The SMILES string of the molecule is CC(C)(C)S(=O)N=C[C@@H](CO[Si](C)(C)C(C)(C)C)O[Si](C)(C)C(C)(C)C. The van der Waals surface area contributed by atoms with Gasteiger partial charge in [0.15, 0.2) is 16.6 Å². The van der Waals surface area contributed by atoms with Gasteiger partial charge in [0.2, 0.25) is 0 Å². The van der Waals surface area contributed by atoms with E-state index in [1.165, 1.54) is 0 Å². The molecule has 0 saturated heterocycles. The first-order chi connectivity index (χ1) is 11.2. The molecule has 0 aliphatic heterocycles. The molecule has 0 aliphatic carbocycles. The van der Waals surface area contributed by atoms with E-state index < -0.39 is 27.6 Å². The van der Waals surface area contributed by atoms with Crippen molar-refractivity contribution in [1.29, 1.82) is 0 Å². The molecule has 0 aliphatic rings. The van der Waals surface area contributed by atoms with Gasteiger partial charge in [-0.15, -0.1) is 0 Å². The fraction of sp³-hybridized carbons (Fsp3) is 0.947. The van der Waals surface area contributed by atoms with Crippen LogP contribution in [-0.2, 0) is 19.8 Å². The van der Waals surface area contributed by atoms with Gasteiger partial charge in [0.25, 0.3) is 0 Å². The molecule has 0 radical (unpaired) electrons. The molecule has 2 atom stereocenters. The maximum atomic E-state index is 12.3. The lowest BCUT2D eigenvalue weighted by atomic mass is 10.2. The van der Waals surface area contributed by atoms with Crippen LogP contribution < -0.4 is 0 Å². The van der Waals surface area contributed by atoms with Crippen molar-refractivity contribution >= 4 is 33.8 Å². The summed E-state index contributed by atoms with van der Waals surface area (Å²) in [5, 5.41) is 0.235. The maximum absolute atomic E-state index is 12.3. The summed E-state index contributed by atoms with van der Waals surface area (Å²) in [5.74, 6) is 0. The lowest BCUT2D eigenvalue weighted by Crippen LogP contribution is -2.48. The molecule has 0 bridgehead atoms. The van der Waals surface area contributed by atoms with E-state index in [2.05, 4.69) is 72.1 Å². The Morgan fingerprint density at radius 3 is 1.65 bits per heavy atom. The minimum Gasteiger partial charge on any atom is -0.414 e. The molecule has 0 rings (SSSR count). The van der Waals surface area contributed by atoms with Crippen molar-refractivity contribution in [1.82, 2.24) is 0 Å². The Balaban J connectivity index is 5.43. The van der Waals surface area contributed by atoms with Crippen LogP contribution in [0.3, 0.4) is 0 Å². The van der Waals surface area contributed by atoms with Crippen LogP contribution in [0.25, 0.3) is 0 Å². The van der Waals surface area contributed by atoms with Gasteiger partial charge in [-0.05, 0) is 57.0 Å². The van der Waals surface area contributed by atoms with Gasteiger partial charge in [0.1, 0.15) is 17.1 Å². The third-order valence-electron chi connectivity index (χ3n) is 5.51. The van der Waals surface area contributed by atoms with Crippen LogP contribution in [0.15, 0.2) is 4.40 Å². The smallest absolute Gasteiger partial charge is 0.193 e. The molecule has 26 heavy (non-hydrogen) atoms. The van der Waals surface area contributed by atoms with Gasteiger partial charge in [-0.1, -0.05) is 41.5 Å². The average Bonchev–Trinajstić information content (AvgIpc) is 2.37. The molecular weight excluding hydrogens is 378 g/mol. The van der Waals surface area contributed by atoms with E-state index in [0.717, 1.165) is 0 Å². The van der Waals surface area contributed by atoms with Gasteiger partial charge in [-0.25, -0.2) is 4.21 Å². The lowest BCUT2D eigenvalue weighted by molar-refractivity contribution is 0.157. The van der Waals surface area contributed by atoms with E-state index in [-0.39, 0.29) is 20.9 Å². The van der Waals surface area contributed by atoms with Crippen molar-refractivity contribution in [2.75, 3.05) is 6.61 Å². The summed E-state index contributed by atoms with van der Waals surface area (Å²) in [4.78, 5) is 0. The van der Waals surface area contributed by atoms with E-state index in [9.17, 15) is 4.21 Å². The number of nitrogens with zero attached hydrogens (tertiary/aromatic N) is 1. The van der Waals surface area contributed by atoms with E-state index in [4.69, 9.17) is 8.85 Å². The summed E-state index contributed by atoms with van der Waals surface area (Å²) in [5.41, 5.74) is 0. The monoisotopic (exact) mass is 421 g/mol. The van der Waals surface area contributed by atoms with Crippen LogP contribution in [0.2, 0.25) is 36.3 Å². The molecule has 156 valence electrons. The Labute approximate surface area is 167 Å². The Morgan fingerprint density at radius 1 is 0.885 bits per heavy atom. The van der Waals surface area contributed by atoms with Crippen molar-refractivity contribution in [2.45, 2.75) is 109 Å². The van der Waals surface area contributed by atoms with Crippen LogP contribution in [-0.4, -0.2) is 44.5 Å². The Morgan fingerprint density at radius 2 is 1.31 bits per heavy atom. The topological polar surface area (TPSA) is 47.9 Å². The van der Waals surface area contributed by atoms with Gasteiger partial charge in [-0.2, -0.15) is 4.40 Å². The van der Waals surface area contributed by atoms with Crippen molar-refractivity contribution in [2.24, 2.45) is 4.40 Å². The van der Waals surface area contributed by atoms with Crippen molar-refractivity contribution in [3.8, 4) is 0 Å². The summed E-state index contributed by atoms with van der Waals surface area (Å²) in [6, 6.07) is 0. The first-order valence-corrected chi connectivity index (χ1v) is 16.4. The second-order valence-electron chi connectivity index (χ2n) is 11.1. The molecular formula is C19H43NO3SSi2. The van der Waals surface area contributed by atoms with E-state index in [1.807, 2.05) is 20.8 Å². The molecule has 0 aromatic carbocycles. The molecule has 0 fully saturated rings. The quantitative estimate of drug-likeness (QED) is 0.378. The minimum atomic E-state index is -1.98. The fourth-order valence-corrected chi connectivity index (χ4v) is 4.27. The van der Waals surface area contributed by atoms with Crippen LogP contribution in [0.1, 0.15) is 62.3 Å². The number of hydrogen-bond donors (Lipinski definition) is 0. The van der Waals surface area contributed by atoms with Crippen LogP contribution in [0, 0.1) is 0 Å². The summed E-state index contributed by atoms with van der Waals surface area (Å²) >= 11 is 0. The Kier molecular flexibility index (Phi) is 8.74. The van der Waals surface area contributed by atoms with Crippen molar-refractivity contribution in [3.63, 3.8) is 0 Å². The third-order valence-corrected chi connectivity index (χ3v) is 15.9. The highest BCUT2D eigenvalue weighted by Crippen LogP contribution is 2.39. The van der Waals surface area contributed by atoms with Crippen LogP contribution in [0.5, 0.6) is 0 Å². The van der Waals surface area contributed by atoms with Gasteiger partial charge in [-0.3, -0.25) is 0 Å². The molecule has 0 spiro atoms. The molecule has 0 aromatic rings. The third kappa shape index (κ3) is 8.04. The molecule has 0 amide bonds. The normalized spacial score (nSPS) is 17.6. The Hall–Kier alpha value is 0.174. The predicted molar refractivity (Wildman–Crippen MR) is 122 cm³/mol. The molecule has 0 heterocycles. The zero-order valence-corrected chi connectivity index (χ0v) is 22.3. The van der Waals surface area contributed by atoms with E-state index in [1.54, 1.807) is 6.21 Å². The van der Waals surface area contributed by atoms with Crippen LogP contribution in [0.4, 0.5) is 0 Å². The predicted octanol–water partition coefficient (Wildman–Crippen LogP) is 5.93. The first kappa shape index (κ1) is 26.2. The molecule has 0 saturated carbocycles. The highest BCUT2D eigenvalue weighted by Gasteiger charge is 2.41. The molecule has 0 N–H and O–H groups in total. The second-order valence-corrected chi connectivity index (χ2v) is 22.6. The second kappa shape index (κ2) is 8.68. The molecule has 1 unspecified atom stereocenters. The summed E-state index contributed by atoms with van der Waals surface area (Å²) in [6.45, 7) is 28.5. The minimum absolute atomic E-state index is 0.0965. The van der Waals surface area contributed by atoms with Gasteiger partial charge in [0.05, 0.1) is 11.4 Å². The highest BCUT2D eigenvalue weighted by molar-refractivity contribution is 7.85. The molecule has 0 aromatic heterocycles. The number of hydrogen-bond acceptors (Lipinski definition) is 3. The van der Waals surface area contributed by atoms with Crippen molar-refractivity contribution in [3.05, 3.63) is 0 Å². The van der Waals surface area contributed by atoms with Gasteiger partial charge < -0.3 is 8.85 Å². The van der Waals surface area contributed by atoms with Crippen LogP contribution >= 0.6 is 0 Å². The fourth-order valence-electron chi connectivity index (χ4n) is 1.45. The Bertz CT molecular complexity index is 512. The van der Waals surface area contributed by atoms with E-state index >= 15 is 0 Å². The largest absolute Gasteiger partial charge is 0.414 e. The zero-order valence-electron chi connectivity index (χ0n) is 19.4. The van der Waals surface area contributed by atoms with Gasteiger partial charge >= 0.3 is 0 Å².